The maximum Gasteiger partial charge on any atom is 0.320 e. The van der Waals surface area contributed by atoms with Crippen molar-refractivity contribution < 1.29 is 9.53 Å². The van der Waals surface area contributed by atoms with Crippen LogP contribution in [0.4, 0.5) is 5.69 Å². The topological polar surface area (TPSA) is 44.8 Å². The molecule has 138 valence electrons. The summed E-state index contributed by atoms with van der Waals surface area (Å²) in [4.78, 5) is 15.8. The van der Waals surface area contributed by atoms with Crippen LogP contribution in [0.25, 0.3) is 0 Å². The Morgan fingerprint density at radius 2 is 1.76 bits per heavy atom. The Bertz CT molecular complexity index is 588. The average Bonchev–Trinajstić information content (AvgIpc) is 2.55. The van der Waals surface area contributed by atoms with Crippen LogP contribution in [0.5, 0.6) is 0 Å². The summed E-state index contributed by atoms with van der Waals surface area (Å²) in [6.07, 6.45) is 0. The molecule has 1 aliphatic heterocycles. The number of nitrogens with zero attached hydrogens (tertiary/aromatic N) is 2. The maximum absolute atomic E-state index is 11.6. The van der Waals surface area contributed by atoms with E-state index < -0.39 is 0 Å². The summed E-state index contributed by atoms with van der Waals surface area (Å²) >= 11 is 5.53. The van der Waals surface area contributed by atoms with Crippen molar-refractivity contribution in [2.24, 2.45) is 0 Å². The van der Waals surface area contributed by atoms with E-state index in [1.807, 2.05) is 6.92 Å². The Morgan fingerprint density at radius 1 is 1.16 bits per heavy atom. The first-order valence-corrected chi connectivity index (χ1v) is 9.25. The van der Waals surface area contributed by atoms with Gasteiger partial charge >= 0.3 is 5.97 Å². The summed E-state index contributed by atoms with van der Waals surface area (Å²) in [5.41, 5.74) is 2.46. The number of esters is 1. The third kappa shape index (κ3) is 5.97. The molecular formula is C19H29N3O2S. The fourth-order valence-corrected chi connectivity index (χ4v) is 3.05. The van der Waals surface area contributed by atoms with Crippen molar-refractivity contribution in [3.8, 4) is 0 Å². The summed E-state index contributed by atoms with van der Waals surface area (Å²) in [7, 11) is 0. The lowest BCUT2D eigenvalue weighted by Crippen LogP contribution is -2.51. The van der Waals surface area contributed by atoms with Gasteiger partial charge in [-0.05, 0) is 42.3 Å². The molecule has 1 heterocycles. The molecular weight excluding hydrogens is 334 g/mol. The quantitative estimate of drug-likeness (QED) is 0.656. The van der Waals surface area contributed by atoms with Gasteiger partial charge in [0.25, 0.3) is 0 Å². The summed E-state index contributed by atoms with van der Waals surface area (Å²) in [6, 6.07) is 8.43. The second kappa shape index (κ2) is 8.63. The molecule has 0 atom stereocenters. The first-order valence-electron chi connectivity index (χ1n) is 8.84. The number of hydrogen-bond donors (Lipinski definition) is 1. The largest absolute Gasteiger partial charge is 0.465 e. The molecule has 0 saturated carbocycles. The smallest absolute Gasteiger partial charge is 0.320 e. The molecule has 25 heavy (non-hydrogen) atoms. The Balaban J connectivity index is 1.81. The zero-order valence-electron chi connectivity index (χ0n) is 15.7. The summed E-state index contributed by atoms with van der Waals surface area (Å²) in [6.45, 7) is 12.5. The Labute approximate surface area is 156 Å². The molecule has 1 saturated heterocycles. The van der Waals surface area contributed by atoms with Crippen LogP contribution in [-0.2, 0) is 14.9 Å². The van der Waals surface area contributed by atoms with Crippen LogP contribution in [0.15, 0.2) is 24.3 Å². The van der Waals surface area contributed by atoms with Gasteiger partial charge in [0.15, 0.2) is 5.11 Å². The number of carbonyl (C=O) groups is 1. The predicted octanol–water partition coefficient (Wildman–Crippen LogP) is 2.86. The van der Waals surface area contributed by atoms with E-state index in [2.05, 4.69) is 60.2 Å². The van der Waals surface area contributed by atoms with Crippen LogP contribution in [-0.4, -0.2) is 60.2 Å². The second-order valence-corrected chi connectivity index (χ2v) is 7.71. The van der Waals surface area contributed by atoms with E-state index >= 15 is 0 Å². The van der Waals surface area contributed by atoms with Crippen molar-refractivity contribution >= 4 is 29.0 Å². The van der Waals surface area contributed by atoms with E-state index in [1.54, 1.807) is 0 Å². The molecule has 0 bridgehead atoms. The number of piperazine rings is 1. The standard InChI is InChI=1S/C19H29N3O2S/c1-5-24-17(23)14-21-10-12-22(13-11-21)18(25)20-16-8-6-15(7-9-16)19(2,3)4/h6-9H,5,10-14H2,1-4H3,(H,20,25). The van der Waals surface area contributed by atoms with Crippen molar-refractivity contribution in [2.45, 2.75) is 33.1 Å². The number of ether oxygens (including phenoxy) is 1. The van der Waals surface area contributed by atoms with Crippen LogP contribution in [0, 0.1) is 0 Å². The fourth-order valence-electron chi connectivity index (χ4n) is 2.75. The fraction of sp³-hybridized carbons (Fsp3) is 0.579. The maximum atomic E-state index is 11.6. The first-order chi connectivity index (χ1) is 11.8. The Kier molecular flexibility index (Phi) is 6.79. The monoisotopic (exact) mass is 363 g/mol. The van der Waals surface area contributed by atoms with Gasteiger partial charge in [-0.25, -0.2) is 0 Å². The molecule has 1 aromatic carbocycles. The lowest BCUT2D eigenvalue weighted by molar-refractivity contribution is -0.144. The van der Waals surface area contributed by atoms with Crippen LogP contribution in [0.2, 0.25) is 0 Å². The third-order valence-corrected chi connectivity index (χ3v) is 4.68. The predicted molar refractivity (Wildman–Crippen MR) is 106 cm³/mol. The molecule has 0 spiro atoms. The number of benzene rings is 1. The van der Waals surface area contributed by atoms with E-state index in [0.717, 1.165) is 37.0 Å². The van der Waals surface area contributed by atoms with Gasteiger partial charge in [0, 0.05) is 31.9 Å². The molecule has 2 rings (SSSR count). The van der Waals surface area contributed by atoms with Crippen molar-refractivity contribution in [1.82, 2.24) is 9.80 Å². The molecule has 1 fully saturated rings. The highest BCUT2D eigenvalue weighted by atomic mass is 32.1. The summed E-state index contributed by atoms with van der Waals surface area (Å²) in [5.74, 6) is -0.157. The highest BCUT2D eigenvalue weighted by Crippen LogP contribution is 2.23. The zero-order valence-corrected chi connectivity index (χ0v) is 16.5. The van der Waals surface area contributed by atoms with Gasteiger partial charge in [-0.3, -0.25) is 9.69 Å². The average molecular weight is 364 g/mol. The van der Waals surface area contributed by atoms with Crippen LogP contribution in [0.1, 0.15) is 33.3 Å². The normalized spacial score (nSPS) is 15.8. The van der Waals surface area contributed by atoms with Crippen molar-refractivity contribution in [2.75, 3.05) is 44.6 Å². The third-order valence-electron chi connectivity index (χ3n) is 4.32. The number of hydrogen-bond acceptors (Lipinski definition) is 4. The SMILES string of the molecule is CCOC(=O)CN1CCN(C(=S)Nc2ccc(C(C)(C)C)cc2)CC1. The molecule has 0 radical (unpaired) electrons. The Hall–Kier alpha value is -1.66. The molecule has 5 nitrogen and oxygen atoms in total. The highest BCUT2D eigenvalue weighted by Gasteiger charge is 2.21. The lowest BCUT2D eigenvalue weighted by Gasteiger charge is -2.35. The molecule has 0 aliphatic carbocycles. The van der Waals surface area contributed by atoms with Gasteiger partial charge in [-0.2, -0.15) is 0 Å². The first kappa shape index (κ1) is 19.7. The molecule has 6 heteroatoms. The van der Waals surface area contributed by atoms with Crippen LogP contribution >= 0.6 is 12.2 Å². The minimum atomic E-state index is -0.157. The lowest BCUT2D eigenvalue weighted by atomic mass is 9.87. The van der Waals surface area contributed by atoms with Crippen molar-refractivity contribution in [1.29, 1.82) is 0 Å². The van der Waals surface area contributed by atoms with Gasteiger partial charge in [0.1, 0.15) is 0 Å². The van der Waals surface area contributed by atoms with Gasteiger partial charge in [0.2, 0.25) is 0 Å². The van der Waals surface area contributed by atoms with E-state index in [1.165, 1.54) is 5.56 Å². The summed E-state index contributed by atoms with van der Waals surface area (Å²) in [5, 5.41) is 4.05. The molecule has 1 aliphatic rings. The molecule has 0 amide bonds. The molecule has 1 aromatic rings. The van der Waals surface area contributed by atoms with E-state index in [-0.39, 0.29) is 11.4 Å². The summed E-state index contributed by atoms with van der Waals surface area (Å²) < 4.78 is 5.00. The van der Waals surface area contributed by atoms with E-state index in [4.69, 9.17) is 17.0 Å². The van der Waals surface area contributed by atoms with E-state index in [9.17, 15) is 4.79 Å². The number of nitrogens with one attached hydrogen (secondary N) is 1. The van der Waals surface area contributed by atoms with Gasteiger partial charge < -0.3 is 15.0 Å². The van der Waals surface area contributed by atoms with Gasteiger partial charge in [-0.15, -0.1) is 0 Å². The minimum Gasteiger partial charge on any atom is -0.465 e. The number of carbonyl (C=O) groups excluding carboxylic acids is 1. The zero-order chi connectivity index (χ0) is 18.4. The molecule has 1 N–H and O–H groups in total. The minimum absolute atomic E-state index is 0.147. The van der Waals surface area contributed by atoms with Gasteiger partial charge in [0.05, 0.1) is 13.2 Å². The van der Waals surface area contributed by atoms with E-state index in [0.29, 0.717) is 13.2 Å². The number of anilines is 1. The van der Waals surface area contributed by atoms with Gasteiger partial charge in [-0.1, -0.05) is 32.9 Å². The molecule has 0 unspecified atom stereocenters. The van der Waals surface area contributed by atoms with Crippen molar-refractivity contribution in [3.63, 3.8) is 0 Å². The van der Waals surface area contributed by atoms with Crippen LogP contribution in [0.3, 0.4) is 0 Å². The second-order valence-electron chi connectivity index (χ2n) is 7.33. The number of rotatable bonds is 4. The van der Waals surface area contributed by atoms with Crippen molar-refractivity contribution in [3.05, 3.63) is 29.8 Å². The highest BCUT2D eigenvalue weighted by molar-refractivity contribution is 7.80. The number of thiocarbonyl (C=S) groups is 1. The molecule has 0 aromatic heterocycles. The van der Waals surface area contributed by atoms with Crippen LogP contribution < -0.4 is 5.32 Å². The Morgan fingerprint density at radius 3 is 2.28 bits per heavy atom.